The van der Waals surface area contributed by atoms with Crippen LogP contribution in [0.2, 0.25) is 0 Å². The summed E-state index contributed by atoms with van der Waals surface area (Å²) in [5.74, 6) is 0.489. The van der Waals surface area contributed by atoms with E-state index >= 15 is 0 Å². The second-order valence-electron chi connectivity index (χ2n) is 4.61. The van der Waals surface area contributed by atoms with Crippen LogP contribution in [-0.2, 0) is 0 Å². The van der Waals surface area contributed by atoms with E-state index < -0.39 is 0 Å². The van der Waals surface area contributed by atoms with Crippen molar-refractivity contribution in [1.29, 1.82) is 0 Å². The zero-order valence-electron chi connectivity index (χ0n) is 9.97. The van der Waals surface area contributed by atoms with Crippen LogP contribution in [0.5, 0.6) is 0 Å². The Kier molecular flexibility index (Phi) is 4.13. The lowest BCUT2D eigenvalue weighted by Crippen LogP contribution is -2.34. The molecule has 0 atom stereocenters. The van der Waals surface area contributed by atoms with Gasteiger partial charge in [0.2, 0.25) is 0 Å². The van der Waals surface area contributed by atoms with E-state index in [1.54, 1.807) is 0 Å². The standard InChI is InChI=1S/C14H19NOS/c1-11(17)13-2-4-14(5-3-13)15-8-6-12(10-16)7-9-15/h2-5,12,16-17H,1,6-10H2. The fourth-order valence-electron chi connectivity index (χ4n) is 2.24. The van der Waals surface area contributed by atoms with Crippen LogP contribution in [0.15, 0.2) is 30.8 Å². The van der Waals surface area contributed by atoms with Gasteiger partial charge in [-0.15, -0.1) is 12.6 Å². The summed E-state index contributed by atoms with van der Waals surface area (Å²) in [5.41, 5.74) is 2.32. The molecule has 1 aromatic carbocycles. The molecular weight excluding hydrogens is 230 g/mol. The first-order chi connectivity index (χ1) is 8.20. The summed E-state index contributed by atoms with van der Waals surface area (Å²) in [7, 11) is 0. The number of aliphatic hydroxyl groups excluding tert-OH is 1. The minimum absolute atomic E-state index is 0.326. The van der Waals surface area contributed by atoms with Crippen LogP contribution in [0.25, 0.3) is 4.91 Å². The Hall–Kier alpha value is -0.930. The van der Waals surface area contributed by atoms with Gasteiger partial charge < -0.3 is 10.0 Å². The molecule has 0 saturated carbocycles. The lowest BCUT2D eigenvalue weighted by Gasteiger charge is -2.32. The Balaban J connectivity index is 2.01. The molecule has 1 heterocycles. The van der Waals surface area contributed by atoms with Crippen molar-refractivity contribution in [1.82, 2.24) is 0 Å². The first-order valence-electron chi connectivity index (χ1n) is 6.05. The van der Waals surface area contributed by atoms with Gasteiger partial charge >= 0.3 is 0 Å². The van der Waals surface area contributed by atoms with E-state index in [4.69, 9.17) is 5.11 Å². The van der Waals surface area contributed by atoms with Crippen LogP contribution in [-0.4, -0.2) is 24.8 Å². The van der Waals surface area contributed by atoms with Crippen molar-refractivity contribution < 1.29 is 5.11 Å². The van der Waals surface area contributed by atoms with Gasteiger partial charge in [-0.2, -0.15) is 0 Å². The van der Waals surface area contributed by atoms with Gasteiger partial charge in [0.1, 0.15) is 0 Å². The summed E-state index contributed by atoms with van der Waals surface area (Å²) in [6.45, 7) is 6.21. The van der Waals surface area contributed by atoms with Crippen LogP contribution < -0.4 is 4.90 Å². The zero-order chi connectivity index (χ0) is 12.3. The molecule has 2 nitrogen and oxygen atoms in total. The molecule has 3 heteroatoms. The van der Waals surface area contributed by atoms with Gasteiger partial charge in [-0.25, -0.2) is 0 Å². The molecule has 2 rings (SSSR count). The summed E-state index contributed by atoms with van der Waals surface area (Å²) >= 11 is 4.24. The highest BCUT2D eigenvalue weighted by molar-refractivity contribution is 7.90. The largest absolute Gasteiger partial charge is 0.396 e. The van der Waals surface area contributed by atoms with Gasteiger partial charge in [-0.1, -0.05) is 18.7 Å². The maximum atomic E-state index is 9.11. The van der Waals surface area contributed by atoms with Crippen LogP contribution in [0.3, 0.4) is 0 Å². The van der Waals surface area contributed by atoms with Crippen molar-refractivity contribution in [3.63, 3.8) is 0 Å². The number of hydrogen-bond donors (Lipinski definition) is 2. The van der Waals surface area contributed by atoms with Gasteiger partial charge in [-0.3, -0.25) is 0 Å². The highest BCUT2D eigenvalue weighted by Crippen LogP contribution is 2.25. The van der Waals surface area contributed by atoms with Crippen molar-refractivity contribution in [2.45, 2.75) is 12.8 Å². The molecule has 92 valence electrons. The molecule has 0 spiro atoms. The number of thiol groups is 1. The topological polar surface area (TPSA) is 23.5 Å². The minimum atomic E-state index is 0.326. The Morgan fingerprint density at radius 2 is 1.88 bits per heavy atom. The number of piperidine rings is 1. The molecule has 1 N–H and O–H groups in total. The van der Waals surface area contributed by atoms with Gasteiger partial charge in [0, 0.05) is 30.3 Å². The van der Waals surface area contributed by atoms with Crippen LogP contribution in [0.1, 0.15) is 18.4 Å². The number of benzene rings is 1. The molecule has 0 aromatic heterocycles. The van der Waals surface area contributed by atoms with Crippen molar-refractivity contribution in [2.75, 3.05) is 24.6 Å². The SMILES string of the molecule is C=C(S)c1ccc(N2CCC(CO)CC2)cc1. The van der Waals surface area contributed by atoms with Crippen molar-refractivity contribution in [3.05, 3.63) is 36.4 Å². The third kappa shape index (κ3) is 3.05. The van der Waals surface area contributed by atoms with E-state index in [1.807, 2.05) is 0 Å². The van der Waals surface area contributed by atoms with Crippen LogP contribution in [0.4, 0.5) is 5.69 Å². The maximum absolute atomic E-state index is 9.11. The number of hydrogen-bond acceptors (Lipinski definition) is 3. The molecule has 1 aliphatic heterocycles. The van der Waals surface area contributed by atoms with E-state index in [0.29, 0.717) is 12.5 Å². The third-order valence-electron chi connectivity index (χ3n) is 3.44. The van der Waals surface area contributed by atoms with Gasteiger partial charge in [0.05, 0.1) is 0 Å². The van der Waals surface area contributed by atoms with Crippen molar-refractivity contribution in [2.24, 2.45) is 5.92 Å². The molecule has 0 amide bonds. The van der Waals surface area contributed by atoms with E-state index in [9.17, 15) is 0 Å². The van der Waals surface area contributed by atoms with Gasteiger partial charge in [0.15, 0.2) is 0 Å². The molecule has 1 saturated heterocycles. The Bertz CT molecular complexity index is 380. The Morgan fingerprint density at radius 3 is 2.35 bits per heavy atom. The van der Waals surface area contributed by atoms with Crippen LogP contribution in [0, 0.1) is 5.92 Å². The summed E-state index contributed by atoms with van der Waals surface area (Å²) in [5, 5.41) is 9.11. The molecule has 1 fully saturated rings. The smallest absolute Gasteiger partial charge is 0.0460 e. The normalized spacial score (nSPS) is 17.2. The summed E-state index contributed by atoms with van der Waals surface area (Å²) in [4.78, 5) is 3.17. The maximum Gasteiger partial charge on any atom is 0.0460 e. The predicted molar refractivity (Wildman–Crippen MR) is 76.5 cm³/mol. The third-order valence-corrected chi connectivity index (χ3v) is 3.70. The first kappa shape index (κ1) is 12.5. The molecule has 0 unspecified atom stereocenters. The highest BCUT2D eigenvalue weighted by atomic mass is 32.1. The van der Waals surface area contributed by atoms with Gasteiger partial charge in [-0.05, 0) is 36.5 Å². The minimum Gasteiger partial charge on any atom is -0.396 e. The number of aliphatic hydroxyl groups is 1. The van der Waals surface area contributed by atoms with Gasteiger partial charge in [0.25, 0.3) is 0 Å². The number of rotatable bonds is 3. The Morgan fingerprint density at radius 1 is 1.29 bits per heavy atom. The molecule has 17 heavy (non-hydrogen) atoms. The first-order valence-corrected chi connectivity index (χ1v) is 6.49. The monoisotopic (exact) mass is 249 g/mol. The van der Waals surface area contributed by atoms with E-state index in [0.717, 1.165) is 36.4 Å². The average molecular weight is 249 g/mol. The summed E-state index contributed by atoms with van der Waals surface area (Å²) in [6, 6.07) is 8.36. The fourth-order valence-corrected chi connectivity index (χ4v) is 2.39. The summed E-state index contributed by atoms with van der Waals surface area (Å²) in [6.07, 6.45) is 2.16. The zero-order valence-corrected chi connectivity index (χ0v) is 10.9. The molecular formula is C14H19NOS. The lowest BCUT2D eigenvalue weighted by atomic mass is 9.97. The molecule has 1 aromatic rings. The van der Waals surface area contributed by atoms with E-state index in [1.165, 1.54) is 5.69 Å². The number of anilines is 1. The molecule has 0 aliphatic carbocycles. The van der Waals surface area contributed by atoms with Crippen molar-refractivity contribution in [3.8, 4) is 0 Å². The Labute approximate surface area is 108 Å². The summed E-state index contributed by atoms with van der Waals surface area (Å²) < 4.78 is 0. The van der Waals surface area contributed by atoms with Crippen LogP contribution >= 0.6 is 12.6 Å². The number of nitrogens with zero attached hydrogens (tertiary/aromatic N) is 1. The van der Waals surface area contributed by atoms with E-state index in [-0.39, 0.29) is 0 Å². The van der Waals surface area contributed by atoms with E-state index in [2.05, 4.69) is 48.4 Å². The fraction of sp³-hybridized carbons (Fsp3) is 0.429. The highest BCUT2D eigenvalue weighted by Gasteiger charge is 2.18. The predicted octanol–water partition coefficient (Wildman–Crippen LogP) is 2.80. The van der Waals surface area contributed by atoms with Crippen molar-refractivity contribution >= 4 is 23.2 Å². The molecule has 1 aliphatic rings. The second-order valence-corrected chi connectivity index (χ2v) is 5.15. The molecule has 0 radical (unpaired) electrons. The quantitative estimate of drug-likeness (QED) is 0.805. The molecule has 0 bridgehead atoms. The average Bonchev–Trinajstić information content (AvgIpc) is 2.39. The lowest BCUT2D eigenvalue weighted by molar-refractivity contribution is 0.203. The second kappa shape index (κ2) is 5.61.